The van der Waals surface area contributed by atoms with E-state index in [0.29, 0.717) is 6.42 Å². The Balaban J connectivity index is 0.00000441. The summed E-state index contributed by atoms with van der Waals surface area (Å²) in [6, 6.07) is 6.33. The first-order valence-corrected chi connectivity index (χ1v) is 8.36. The van der Waals surface area contributed by atoms with Crippen LogP contribution in [0.15, 0.2) is 29.2 Å². The molecule has 0 saturated carbocycles. The molecular formula is C14H24ClN3O3S. The lowest BCUT2D eigenvalue weighted by atomic mass is 10.1. The van der Waals surface area contributed by atoms with E-state index in [1.54, 1.807) is 12.1 Å². The molecule has 0 heterocycles. The van der Waals surface area contributed by atoms with Crippen LogP contribution in [-0.4, -0.2) is 35.0 Å². The third-order valence-electron chi connectivity index (χ3n) is 3.17. The Morgan fingerprint density at radius 2 is 1.77 bits per heavy atom. The van der Waals surface area contributed by atoms with Crippen LogP contribution >= 0.6 is 12.4 Å². The molecule has 0 spiro atoms. The number of carbonyl (C=O) groups excluding carboxylic acids is 1. The lowest BCUT2D eigenvalue weighted by Gasteiger charge is -2.15. The van der Waals surface area contributed by atoms with Crippen LogP contribution in [0.5, 0.6) is 0 Å². The van der Waals surface area contributed by atoms with Crippen molar-refractivity contribution in [1.29, 1.82) is 0 Å². The van der Waals surface area contributed by atoms with E-state index in [1.807, 2.05) is 14.0 Å². The Morgan fingerprint density at radius 1 is 1.18 bits per heavy atom. The average molecular weight is 350 g/mol. The fourth-order valence-corrected chi connectivity index (χ4v) is 2.61. The number of hydrogen-bond acceptors (Lipinski definition) is 4. The summed E-state index contributed by atoms with van der Waals surface area (Å²) in [6.07, 6.45) is 1.26. The molecule has 1 unspecified atom stereocenters. The molecule has 1 aromatic rings. The monoisotopic (exact) mass is 349 g/mol. The fourth-order valence-electron chi connectivity index (χ4n) is 1.88. The van der Waals surface area contributed by atoms with Gasteiger partial charge in [0, 0.05) is 6.42 Å². The van der Waals surface area contributed by atoms with Crippen molar-refractivity contribution in [3.8, 4) is 0 Å². The first-order valence-electron chi connectivity index (χ1n) is 6.88. The normalized spacial score (nSPS) is 12.3. The van der Waals surface area contributed by atoms with Crippen LogP contribution < -0.4 is 15.4 Å². The third kappa shape index (κ3) is 6.31. The quantitative estimate of drug-likeness (QED) is 0.615. The van der Waals surface area contributed by atoms with Gasteiger partial charge in [0.05, 0.1) is 10.9 Å². The molecule has 0 aromatic heterocycles. The highest BCUT2D eigenvalue weighted by Crippen LogP contribution is 2.16. The molecule has 3 N–H and O–H groups in total. The molecule has 1 rings (SSSR count). The van der Waals surface area contributed by atoms with Gasteiger partial charge in [0.2, 0.25) is 15.9 Å². The Bertz CT molecular complexity index is 561. The highest BCUT2D eigenvalue weighted by molar-refractivity contribution is 7.89. The smallest absolute Gasteiger partial charge is 0.240 e. The highest BCUT2D eigenvalue weighted by atomic mass is 35.5. The van der Waals surface area contributed by atoms with Crippen LogP contribution in [0, 0.1) is 0 Å². The second-order valence-corrected chi connectivity index (χ2v) is 6.66. The molecule has 0 aliphatic heterocycles. The minimum atomic E-state index is -3.42. The predicted molar refractivity (Wildman–Crippen MR) is 89.7 cm³/mol. The summed E-state index contributed by atoms with van der Waals surface area (Å²) in [7, 11) is -0.202. The number of halogens is 1. The summed E-state index contributed by atoms with van der Waals surface area (Å²) in [5.41, 5.74) is 0.868. The molecule has 8 heteroatoms. The minimum absolute atomic E-state index is 0. The molecule has 0 saturated heterocycles. The van der Waals surface area contributed by atoms with Crippen LogP contribution in [0.3, 0.4) is 0 Å². The molecule has 22 heavy (non-hydrogen) atoms. The average Bonchev–Trinajstić information content (AvgIpc) is 2.47. The number of rotatable bonds is 8. The van der Waals surface area contributed by atoms with Gasteiger partial charge in [0.1, 0.15) is 0 Å². The van der Waals surface area contributed by atoms with Gasteiger partial charge in [-0.1, -0.05) is 12.1 Å². The van der Waals surface area contributed by atoms with E-state index in [1.165, 1.54) is 19.2 Å². The van der Waals surface area contributed by atoms with Gasteiger partial charge in [0.25, 0.3) is 0 Å². The van der Waals surface area contributed by atoms with Crippen molar-refractivity contribution >= 4 is 28.3 Å². The minimum Gasteiger partial charge on any atom is -0.350 e. The van der Waals surface area contributed by atoms with Crippen LogP contribution in [0.4, 0.5) is 0 Å². The molecule has 1 amide bonds. The van der Waals surface area contributed by atoms with Gasteiger partial charge in [-0.15, -0.1) is 12.4 Å². The number of benzene rings is 1. The van der Waals surface area contributed by atoms with Crippen molar-refractivity contribution in [2.45, 2.75) is 30.7 Å². The topological polar surface area (TPSA) is 87.3 Å². The van der Waals surface area contributed by atoms with Gasteiger partial charge in [-0.05, 0) is 51.7 Å². The molecule has 0 fully saturated rings. The number of sulfonamides is 1. The number of nitrogens with one attached hydrogen (secondary N) is 3. The molecule has 0 radical (unpaired) electrons. The van der Waals surface area contributed by atoms with E-state index in [-0.39, 0.29) is 29.3 Å². The SMILES string of the molecule is CNCCCC(=O)NC(C)c1ccc(S(=O)(=O)NC)cc1.Cl. The maximum atomic E-state index is 11.7. The second kappa shape index (κ2) is 9.78. The van der Waals surface area contributed by atoms with E-state index >= 15 is 0 Å². The van der Waals surface area contributed by atoms with E-state index in [2.05, 4.69) is 15.4 Å². The van der Waals surface area contributed by atoms with Gasteiger partial charge in [-0.2, -0.15) is 0 Å². The maximum Gasteiger partial charge on any atom is 0.240 e. The molecule has 1 aromatic carbocycles. The van der Waals surface area contributed by atoms with Crippen LogP contribution in [0.1, 0.15) is 31.4 Å². The van der Waals surface area contributed by atoms with Crippen molar-refractivity contribution < 1.29 is 13.2 Å². The standard InChI is InChI=1S/C14H23N3O3S.ClH/c1-11(17-14(18)5-4-10-15-2)12-6-8-13(9-7-12)21(19,20)16-3;/h6-9,11,15-16H,4-5,10H2,1-3H3,(H,17,18);1H. The van der Waals surface area contributed by atoms with Crippen molar-refractivity contribution in [1.82, 2.24) is 15.4 Å². The third-order valence-corrected chi connectivity index (χ3v) is 4.60. The van der Waals surface area contributed by atoms with Gasteiger partial charge >= 0.3 is 0 Å². The number of hydrogen-bond donors (Lipinski definition) is 3. The summed E-state index contributed by atoms with van der Waals surface area (Å²) < 4.78 is 25.5. The number of carbonyl (C=O) groups is 1. The highest BCUT2D eigenvalue weighted by Gasteiger charge is 2.13. The Kier molecular flexibility index (Phi) is 9.27. The number of amides is 1. The zero-order valence-corrected chi connectivity index (χ0v) is 14.7. The van der Waals surface area contributed by atoms with E-state index in [9.17, 15) is 13.2 Å². The van der Waals surface area contributed by atoms with Crippen molar-refractivity contribution in [3.05, 3.63) is 29.8 Å². The fraction of sp³-hybridized carbons (Fsp3) is 0.500. The summed E-state index contributed by atoms with van der Waals surface area (Å²) in [4.78, 5) is 11.9. The Labute approximate surface area is 138 Å². The molecule has 6 nitrogen and oxygen atoms in total. The molecule has 0 bridgehead atoms. The predicted octanol–water partition coefficient (Wildman–Crippen LogP) is 1.19. The largest absolute Gasteiger partial charge is 0.350 e. The molecular weight excluding hydrogens is 326 g/mol. The van der Waals surface area contributed by atoms with Crippen molar-refractivity contribution in [2.75, 3.05) is 20.6 Å². The van der Waals surface area contributed by atoms with Gasteiger partial charge < -0.3 is 10.6 Å². The summed E-state index contributed by atoms with van der Waals surface area (Å²) in [6.45, 7) is 2.68. The van der Waals surface area contributed by atoms with E-state index in [4.69, 9.17) is 0 Å². The summed E-state index contributed by atoms with van der Waals surface area (Å²) in [5, 5.41) is 5.89. The zero-order chi connectivity index (χ0) is 15.9. The second-order valence-electron chi connectivity index (χ2n) is 4.77. The van der Waals surface area contributed by atoms with Crippen LogP contribution in [-0.2, 0) is 14.8 Å². The first-order chi connectivity index (χ1) is 9.90. The molecule has 0 aliphatic carbocycles. The van der Waals surface area contributed by atoms with Crippen LogP contribution in [0.25, 0.3) is 0 Å². The lowest BCUT2D eigenvalue weighted by Crippen LogP contribution is -2.27. The summed E-state index contributed by atoms with van der Waals surface area (Å²) >= 11 is 0. The molecule has 126 valence electrons. The zero-order valence-electron chi connectivity index (χ0n) is 13.0. The first kappa shape index (κ1) is 20.9. The molecule has 1 atom stereocenters. The van der Waals surface area contributed by atoms with Crippen molar-refractivity contribution in [2.24, 2.45) is 0 Å². The van der Waals surface area contributed by atoms with Crippen LogP contribution in [0.2, 0.25) is 0 Å². The summed E-state index contributed by atoms with van der Waals surface area (Å²) in [5.74, 6) is -0.00956. The molecule has 0 aliphatic rings. The van der Waals surface area contributed by atoms with Gasteiger partial charge in [-0.25, -0.2) is 13.1 Å². The lowest BCUT2D eigenvalue weighted by molar-refractivity contribution is -0.121. The van der Waals surface area contributed by atoms with Crippen molar-refractivity contribution in [3.63, 3.8) is 0 Å². The van der Waals surface area contributed by atoms with Gasteiger partial charge in [-0.3, -0.25) is 4.79 Å². The Morgan fingerprint density at radius 3 is 2.27 bits per heavy atom. The van der Waals surface area contributed by atoms with E-state index < -0.39 is 10.0 Å². The Hall–Kier alpha value is -1.15. The maximum absolute atomic E-state index is 11.7. The van der Waals surface area contributed by atoms with E-state index in [0.717, 1.165) is 18.5 Å². The van der Waals surface area contributed by atoms with Gasteiger partial charge in [0.15, 0.2) is 0 Å².